The molecular formula is C29H23NO2S. The second-order valence-electron chi connectivity index (χ2n) is 8.66. The molecule has 1 unspecified atom stereocenters. The number of para-hydroxylation sites is 1. The van der Waals surface area contributed by atoms with Gasteiger partial charge >= 0.3 is 0 Å². The van der Waals surface area contributed by atoms with Crippen LogP contribution in [0.25, 0.3) is 11.1 Å². The molecule has 0 N–H and O–H groups in total. The minimum atomic E-state index is -3.70. The molecule has 2 aliphatic rings. The maximum atomic E-state index is 13.8. The molecule has 0 saturated carbocycles. The molecule has 1 aliphatic heterocycles. The summed E-state index contributed by atoms with van der Waals surface area (Å²) in [7, 11) is -3.70. The van der Waals surface area contributed by atoms with E-state index >= 15 is 0 Å². The van der Waals surface area contributed by atoms with Crippen LogP contribution >= 0.6 is 0 Å². The van der Waals surface area contributed by atoms with Crippen molar-refractivity contribution in [2.24, 2.45) is 0 Å². The highest BCUT2D eigenvalue weighted by molar-refractivity contribution is 7.92. The molecule has 1 atom stereocenters. The van der Waals surface area contributed by atoms with Crippen molar-refractivity contribution in [3.63, 3.8) is 0 Å². The Kier molecular flexibility index (Phi) is 4.52. The van der Waals surface area contributed by atoms with Crippen LogP contribution in [0, 0.1) is 6.92 Å². The molecule has 162 valence electrons. The fourth-order valence-electron chi connectivity index (χ4n) is 5.18. The summed E-state index contributed by atoms with van der Waals surface area (Å²) >= 11 is 0. The molecule has 0 saturated heterocycles. The Morgan fingerprint density at radius 1 is 0.727 bits per heavy atom. The van der Waals surface area contributed by atoms with Gasteiger partial charge in [0.2, 0.25) is 0 Å². The summed E-state index contributed by atoms with van der Waals surface area (Å²) < 4.78 is 29.2. The van der Waals surface area contributed by atoms with Crippen LogP contribution in [0.1, 0.15) is 33.7 Å². The summed E-state index contributed by atoms with van der Waals surface area (Å²) in [6.07, 6.45) is 0. The van der Waals surface area contributed by atoms with Gasteiger partial charge in [-0.1, -0.05) is 90.5 Å². The van der Waals surface area contributed by atoms with Crippen molar-refractivity contribution in [3.05, 3.63) is 131 Å². The number of hydrogen-bond donors (Lipinski definition) is 0. The maximum Gasteiger partial charge on any atom is 0.264 e. The summed E-state index contributed by atoms with van der Waals surface area (Å²) in [4.78, 5) is 0.324. The minimum absolute atomic E-state index is 0.0217. The van der Waals surface area contributed by atoms with Gasteiger partial charge in [0, 0.05) is 18.0 Å². The van der Waals surface area contributed by atoms with E-state index in [1.165, 1.54) is 22.3 Å². The first kappa shape index (κ1) is 20.0. The Labute approximate surface area is 194 Å². The maximum absolute atomic E-state index is 13.8. The Bertz CT molecular complexity index is 1500. The first-order chi connectivity index (χ1) is 16.1. The topological polar surface area (TPSA) is 37.4 Å². The van der Waals surface area contributed by atoms with Crippen LogP contribution in [0.3, 0.4) is 0 Å². The highest BCUT2D eigenvalue weighted by Gasteiger charge is 2.42. The van der Waals surface area contributed by atoms with Gasteiger partial charge < -0.3 is 0 Å². The van der Waals surface area contributed by atoms with Crippen LogP contribution in [0.5, 0.6) is 0 Å². The van der Waals surface area contributed by atoms with E-state index < -0.39 is 10.0 Å². The number of nitrogens with zero attached hydrogens (tertiary/aromatic N) is 1. The lowest BCUT2D eigenvalue weighted by atomic mass is 9.85. The number of benzene rings is 4. The van der Waals surface area contributed by atoms with Crippen LogP contribution in [0.2, 0.25) is 0 Å². The predicted octanol–water partition coefficient (Wildman–Crippen LogP) is 6.26. The van der Waals surface area contributed by atoms with Crippen LogP contribution in [0.4, 0.5) is 5.69 Å². The van der Waals surface area contributed by atoms with Gasteiger partial charge in [0.05, 0.1) is 10.6 Å². The number of rotatable bonds is 3. The molecule has 1 heterocycles. The number of sulfonamides is 1. The molecule has 0 spiro atoms. The SMILES string of the molecule is Cc1ccc(S(=O)(=O)N2CC3C(=C(c4ccccc4)c4ccccc43)c3ccccc32)cc1. The molecule has 1 aliphatic carbocycles. The molecule has 4 aromatic rings. The smallest absolute Gasteiger partial charge is 0.264 e. The van der Waals surface area contributed by atoms with Crippen LogP contribution in [-0.2, 0) is 10.0 Å². The molecule has 0 fully saturated rings. The zero-order valence-electron chi connectivity index (χ0n) is 18.3. The second kappa shape index (κ2) is 7.46. The number of fused-ring (bicyclic) bond motifs is 5. The molecule has 0 amide bonds. The van der Waals surface area contributed by atoms with Crippen molar-refractivity contribution in [2.45, 2.75) is 17.7 Å². The van der Waals surface area contributed by atoms with Gasteiger partial charge in [-0.15, -0.1) is 0 Å². The van der Waals surface area contributed by atoms with Gasteiger partial charge in [-0.2, -0.15) is 0 Å². The molecule has 6 rings (SSSR count). The van der Waals surface area contributed by atoms with E-state index in [0.717, 1.165) is 22.4 Å². The first-order valence-corrected chi connectivity index (χ1v) is 12.6. The van der Waals surface area contributed by atoms with E-state index in [1.54, 1.807) is 16.4 Å². The Hall–Kier alpha value is -3.63. The van der Waals surface area contributed by atoms with Crippen molar-refractivity contribution in [3.8, 4) is 0 Å². The number of aryl methyl sites for hydroxylation is 1. The van der Waals surface area contributed by atoms with E-state index in [-0.39, 0.29) is 5.92 Å². The summed E-state index contributed by atoms with van der Waals surface area (Å²) in [5.41, 5.74) is 8.72. The molecular weight excluding hydrogens is 426 g/mol. The molecule has 4 aromatic carbocycles. The third kappa shape index (κ3) is 3.05. The number of hydrogen-bond acceptors (Lipinski definition) is 2. The van der Waals surface area contributed by atoms with E-state index in [0.29, 0.717) is 11.4 Å². The van der Waals surface area contributed by atoms with Crippen molar-refractivity contribution in [1.29, 1.82) is 0 Å². The third-order valence-corrected chi connectivity index (χ3v) is 8.50. The second-order valence-corrected chi connectivity index (χ2v) is 10.5. The molecule has 4 heteroatoms. The Balaban J connectivity index is 1.61. The normalized spacial score (nSPS) is 16.9. The number of anilines is 1. The predicted molar refractivity (Wildman–Crippen MR) is 134 cm³/mol. The Morgan fingerprint density at radius 2 is 1.36 bits per heavy atom. The average Bonchev–Trinajstić information content (AvgIpc) is 3.19. The van der Waals surface area contributed by atoms with Crippen molar-refractivity contribution in [1.82, 2.24) is 0 Å². The molecule has 3 nitrogen and oxygen atoms in total. The van der Waals surface area contributed by atoms with Gasteiger partial charge in [0.1, 0.15) is 0 Å². The molecule has 0 bridgehead atoms. The van der Waals surface area contributed by atoms with Crippen LogP contribution < -0.4 is 4.31 Å². The largest absolute Gasteiger partial charge is 0.265 e. The lowest BCUT2D eigenvalue weighted by molar-refractivity contribution is 0.588. The minimum Gasteiger partial charge on any atom is -0.265 e. The van der Waals surface area contributed by atoms with Gasteiger partial charge in [-0.05, 0) is 53.0 Å². The zero-order chi connectivity index (χ0) is 22.6. The highest BCUT2D eigenvalue weighted by Crippen LogP contribution is 2.55. The fourth-order valence-corrected chi connectivity index (χ4v) is 6.68. The van der Waals surface area contributed by atoms with Crippen LogP contribution in [-0.4, -0.2) is 15.0 Å². The molecule has 0 aromatic heterocycles. The third-order valence-electron chi connectivity index (χ3n) is 6.71. The lowest BCUT2D eigenvalue weighted by Crippen LogP contribution is -2.38. The lowest BCUT2D eigenvalue weighted by Gasteiger charge is -2.36. The summed E-state index contributed by atoms with van der Waals surface area (Å²) in [5, 5.41) is 0. The zero-order valence-corrected chi connectivity index (χ0v) is 19.1. The van der Waals surface area contributed by atoms with Crippen LogP contribution in [0.15, 0.2) is 108 Å². The fraction of sp³-hybridized carbons (Fsp3) is 0.103. The van der Waals surface area contributed by atoms with Crippen molar-refractivity contribution in [2.75, 3.05) is 10.8 Å². The molecule has 0 radical (unpaired) electrons. The van der Waals surface area contributed by atoms with E-state index in [2.05, 4.69) is 48.5 Å². The van der Waals surface area contributed by atoms with Crippen molar-refractivity contribution < 1.29 is 8.42 Å². The average molecular weight is 450 g/mol. The van der Waals surface area contributed by atoms with Gasteiger partial charge in [-0.25, -0.2) is 8.42 Å². The molecule has 33 heavy (non-hydrogen) atoms. The van der Waals surface area contributed by atoms with Crippen molar-refractivity contribution >= 4 is 26.9 Å². The highest BCUT2D eigenvalue weighted by atomic mass is 32.2. The van der Waals surface area contributed by atoms with E-state index in [9.17, 15) is 8.42 Å². The quantitative estimate of drug-likeness (QED) is 0.370. The van der Waals surface area contributed by atoms with E-state index in [1.807, 2.05) is 49.4 Å². The standard InChI is InChI=1S/C29H23NO2S/c1-20-15-17-22(18-16-20)33(31,32)30-19-26-23-11-5-6-12-24(23)28(21-9-3-2-4-10-21)29(26)25-13-7-8-14-27(25)30/h2-18,26H,19H2,1H3. The monoisotopic (exact) mass is 449 g/mol. The van der Waals surface area contributed by atoms with Gasteiger partial charge in [0.25, 0.3) is 10.0 Å². The first-order valence-electron chi connectivity index (χ1n) is 11.1. The summed E-state index contributed by atoms with van der Waals surface area (Å²) in [6.45, 7) is 2.35. The van der Waals surface area contributed by atoms with Gasteiger partial charge in [0.15, 0.2) is 0 Å². The summed E-state index contributed by atoms with van der Waals surface area (Å²) in [5.74, 6) is -0.0217. The Morgan fingerprint density at radius 3 is 2.12 bits per heavy atom. The van der Waals surface area contributed by atoms with Gasteiger partial charge in [-0.3, -0.25) is 4.31 Å². The summed E-state index contributed by atoms with van der Waals surface area (Å²) in [6, 6.07) is 33.8. The van der Waals surface area contributed by atoms with E-state index in [4.69, 9.17) is 0 Å².